The van der Waals surface area contributed by atoms with Gasteiger partial charge in [-0.2, -0.15) is 0 Å². The maximum absolute atomic E-state index is 9.07. The first kappa shape index (κ1) is 15.5. The summed E-state index contributed by atoms with van der Waals surface area (Å²) >= 11 is 0. The Labute approximate surface area is 146 Å². The van der Waals surface area contributed by atoms with Crippen molar-refractivity contribution in [1.29, 1.82) is 0 Å². The fraction of sp³-hybridized carbons (Fsp3) is 0.0909. The molecule has 3 aromatic carbocycles. The Bertz CT molecular complexity index is 956. The van der Waals surface area contributed by atoms with Gasteiger partial charge in [0.05, 0.1) is 6.61 Å². The maximum Gasteiger partial charge on any atom is 0.127 e. The van der Waals surface area contributed by atoms with E-state index in [1.165, 1.54) is 5.39 Å². The molecule has 3 nitrogen and oxygen atoms in total. The van der Waals surface area contributed by atoms with Crippen molar-refractivity contribution in [3.05, 3.63) is 78.9 Å². The zero-order valence-corrected chi connectivity index (χ0v) is 13.8. The molecule has 0 aliphatic heterocycles. The van der Waals surface area contributed by atoms with Crippen LogP contribution in [0, 0.1) is 0 Å². The molecule has 3 heteroatoms. The number of fused-ring (bicyclic) bond motifs is 1. The van der Waals surface area contributed by atoms with Crippen molar-refractivity contribution >= 4 is 10.9 Å². The smallest absolute Gasteiger partial charge is 0.127 e. The number of ether oxygens (including phenoxy) is 1. The molecule has 0 fully saturated rings. The van der Waals surface area contributed by atoms with E-state index in [0.29, 0.717) is 0 Å². The van der Waals surface area contributed by atoms with Crippen LogP contribution in [0.1, 0.15) is 0 Å². The molecule has 0 saturated carbocycles. The van der Waals surface area contributed by atoms with Gasteiger partial charge in [0.2, 0.25) is 0 Å². The molecule has 0 aliphatic rings. The summed E-state index contributed by atoms with van der Waals surface area (Å²) in [5.74, 6) is 0.778. The van der Waals surface area contributed by atoms with Crippen molar-refractivity contribution in [1.82, 2.24) is 4.98 Å². The molecule has 1 aromatic heterocycles. The van der Waals surface area contributed by atoms with Crippen molar-refractivity contribution in [3.63, 3.8) is 0 Å². The summed E-state index contributed by atoms with van der Waals surface area (Å²) in [5.41, 5.74) is 5.41. The van der Waals surface area contributed by atoms with Crippen molar-refractivity contribution in [2.75, 3.05) is 13.2 Å². The Hall–Kier alpha value is -3.04. The first-order valence-electron chi connectivity index (χ1n) is 8.36. The summed E-state index contributed by atoms with van der Waals surface area (Å²) in [7, 11) is 0. The Balaban J connectivity index is 1.81. The van der Waals surface area contributed by atoms with Crippen LogP contribution in [0.15, 0.2) is 78.9 Å². The molecule has 0 unspecified atom stereocenters. The second kappa shape index (κ2) is 6.83. The van der Waals surface area contributed by atoms with E-state index in [1.807, 2.05) is 42.5 Å². The highest BCUT2D eigenvalue weighted by molar-refractivity contribution is 5.87. The lowest BCUT2D eigenvalue weighted by atomic mass is 10.0. The van der Waals surface area contributed by atoms with Gasteiger partial charge >= 0.3 is 0 Å². The highest BCUT2D eigenvalue weighted by Gasteiger charge is 2.10. The molecular weight excluding hydrogens is 310 g/mol. The van der Waals surface area contributed by atoms with Gasteiger partial charge in [0.1, 0.15) is 12.4 Å². The standard InChI is InChI=1S/C22H19NO2/c24-12-13-25-22-11-10-18(14-19(22)16-6-2-1-3-7-16)21-15-17-8-4-5-9-20(17)23-21/h1-11,14-15,23-24H,12-13H2. The van der Waals surface area contributed by atoms with Gasteiger partial charge in [0.15, 0.2) is 0 Å². The number of aromatic amines is 1. The SMILES string of the molecule is OCCOc1ccc(-c2cc3ccccc3[nH]2)cc1-c1ccccc1. The Morgan fingerprint density at radius 1 is 0.800 bits per heavy atom. The predicted octanol–water partition coefficient (Wildman–Crippen LogP) is 4.87. The van der Waals surface area contributed by atoms with Crippen molar-refractivity contribution in [3.8, 4) is 28.1 Å². The van der Waals surface area contributed by atoms with Gasteiger partial charge in [-0.05, 0) is 41.5 Å². The first-order valence-corrected chi connectivity index (χ1v) is 8.36. The van der Waals surface area contributed by atoms with Gasteiger partial charge in [-0.25, -0.2) is 0 Å². The zero-order chi connectivity index (χ0) is 17.1. The highest BCUT2D eigenvalue weighted by Crippen LogP contribution is 2.35. The molecule has 0 aliphatic carbocycles. The summed E-state index contributed by atoms with van der Waals surface area (Å²) in [6.45, 7) is 0.281. The molecule has 0 saturated heterocycles. The van der Waals surface area contributed by atoms with Crippen LogP contribution in [-0.2, 0) is 0 Å². The number of aliphatic hydroxyl groups is 1. The number of hydrogen-bond acceptors (Lipinski definition) is 2. The second-order valence-electron chi connectivity index (χ2n) is 5.92. The predicted molar refractivity (Wildman–Crippen MR) is 102 cm³/mol. The average molecular weight is 329 g/mol. The van der Waals surface area contributed by atoms with Gasteiger partial charge in [-0.3, -0.25) is 0 Å². The topological polar surface area (TPSA) is 45.2 Å². The summed E-state index contributed by atoms with van der Waals surface area (Å²) in [4.78, 5) is 3.47. The van der Waals surface area contributed by atoms with E-state index in [2.05, 4.69) is 41.4 Å². The number of hydrogen-bond donors (Lipinski definition) is 2. The third kappa shape index (κ3) is 3.14. The normalized spacial score (nSPS) is 10.9. The minimum atomic E-state index is -0.00199. The molecule has 2 N–H and O–H groups in total. The second-order valence-corrected chi connectivity index (χ2v) is 5.92. The summed E-state index contributed by atoms with van der Waals surface area (Å²) < 4.78 is 5.73. The maximum atomic E-state index is 9.07. The molecule has 0 bridgehead atoms. The molecule has 0 spiro atoms. The Morgan fingerprint density at radius 3 is 2.40 bits per heavy atom. The van der Waals surface area contributed by atoms with E-state index in [4.69, 9.17) is 9.84 Å². The van der Waals surface area contributed by atoms with Gasteiger partial charge in [0.25, 0.3) is 0 Å². The minimum absolute atomic E-state index is 0.00199. The van der Waals surface area contributed by atoms with Gasteiger partial charge in [0, 0.05) is 22.2 Å². The molecule has 25 heavy (non-hydrogen) atoms. The van der Waals surface area contributed by atoms with E-state index >= 15 is 0 Å². The largest absolute Gasteiger partial charge is 0.491 e. The van der Waals surface area contributed by atoms with Crippen LogP contribution in [0.4, 0.5) is 0 Å². The van der Waals surface area contributed by atoms with E-state index in [0.717, 1.165) is 33.7 Å². The lowest BCUT2D eigenvalue weighted by Gasteiger charge is -2.12. The lowest BCUT2D eigenvalue weighted by Crippen LogP contribution is -2.02. The van der Waals surface area contributed by atoms with Crippen LogP contribution < -0.4 is 4.74 Å². The summed E-state index contributed by atoms with van der Waals surface area (Å²) in [6.07, 6.45) is 0. The molecule has 0 radical (unpaired) electrons. The molecule has 0 amide bonds. The van der Waals surface area contributed by atoms with E-state index < -0.39 is 0 Å². The molecule has 4 aromatic rings. The fourth-order valence-electron chi connectivity index (χ4n) is 3.05. The quantitative estimate of drug-likeness (QED) is 0.548. The van der Waals surface area contributed by atoms with Crippen LogP contribution in [0.25, 0.3) is 33.3 Å². The highest BCUT2D eigenvalue weighted by atomic mass is 16.5. The minimum Gasteiger partial charge on any atom is -0.491 e. The van der Waals surface area contributed by atoms with E-state index in [-0.39, 0.29) is 13.2 Å². The van der Waals surface area contributed by atoms with Crippen LogP contribution in [0.5, 0.6) is 5.75 Å². The number of benzene rings is 3. The van der Waals surface area contributed by atoms with Crippen molar-refractivity contribution in [2.24, 2.45) is 0 Å². The molecular formula is C22H19NO2. The van der Waals surface area contributed by atoms with Crippen LogP contribution in [0.2, 0.25) is 0 Å². The fourth-order valence-corrected chi connectivity index (χ4v) is 3.05. The van der Waals surface area contributed by atoms with E-state index in [1.54, 1.807) is 0 Å². The van der Waals surface area contributed by atoms with Crippen LogP contribution in [-0.4, -0.2) is 23.3 Å². The third-order valence-corrected chi connectivity index (χ3v) is 4.25. The molecule has 4 rings (SSSR count). The number of rotatable bonds is 5. The van der Waals surface area contributed by atoms with Crippen LogP contribution >= 0.6 is 0 Å². The molecule has 1 heterocycles. The van der Waals surface area contributed by atoms with Crippen molar-refractivity contribution < 1.29 is 9.84 Å². The van der Waals surface area contributed by atoms with Gasteiger partial charge < -0.3 is 14.8 Å². The zero-order valence-electron chi connectivity index (χ0n) is 13.8. The Kier molecular flexibility index (Phi) is 4.23. The Morgan fingerprint density at radius 2 is 1.60 bits per heavy atom. The number of aromatic nitrogens is 1. The summed E-state index contributed by atoms with van der Waals surface area (Å²) in [6, 6.07) is 26.7. The number of nitrogens with one attached hydrogen (secondary N) is 1. The monoisotopic (exact) mass is 329 g/mol. The lowest BCUT2D eigenvalue weighted by molar-refractivity contribution is 0.202. The first-order chi connectivity index (χ1) is 12.3. The molecule has 124 valence electrons. The number of H-pyrrole nitrogens is 1. The van der Waals surface area contributed by atoms with Gasteiger partial charge in [-0.15, -0.1) is 0 Å². The number of aliphatic hydroxyl groups excluding tert-OH is 1. The average Bonchev–Trinajstić information content (AvgIpc) is 3.11. The third-order valence-electron chi connectivity index (χ3n) is 4.25. The number of para-hydroxylation sites is 1. The van der Waals surface area contributed by atoms with Gasteiger partial charge in [-0.1, -0.05) is 48.5 Å². The van der Waals surface area contributed by atoms with E-state index in [9.17, 15) is 0 Å². The molecule has 0 atom stereocenters. The summed E-state index contributed by atoms with van der Waals surface area (Å²) in [5, 5.41) is 10.3. The van der Waals surface area contributed by atoms with Crippen molar-refractivity contribution in [2.45, 2.75) is 0 Å². The van der Waals surface area contributed by atoms with Crippen LogP contribution in [0.3, 0.4) is 0 Å².